The molecule has 0 bridgehead atoms. The Morgan fingerprint density at radius 1 is 1.07 bits per heavy atom. The monoisotopic (exact) mass is 392 g/mol. The Kier molecular flexibility index (Phi) is 4.82. The van der Waals surface area contributed by atoms with Crippen molar-refractivity contribution >= 4 is 11.9 Å². The molecule has 1 aliphatic rings. The van der Waals surface area contributed by atoms with Crippen molar-refractivity contribution in [2.45, 2.75) is 25.2 Å². The summed E-state index contributed by atoms with van der Waals surface area (Å²) in [6.07, 6.45) is -7.80. The highest BCUT2D eigenvalue weighted by molar-refractivity contribution is 5.58. The molecule has 1 aliphatic heterocycles. The van der Waals surface area contributed by atoms with Crippen LogP contribution in [0.3, 0.4) is 0 Å². The van der Waals surface area contributed by atoms with Gasteiger partial charge in [0.05, 0.1) is 5.92 Å². The van der Waals surface area contributed by atoms with Gasteiger partial charge in [0.15, 0.2) is 5.82 Å². The minimum absolute atomic E-state index is 0.00722. The molecule has 1 atom stereocenters. The molecule has 12 heteroatoms. The van der Waals surface area contributed by atoms with E-state index in [1.54, 1.807) is 0 Å². The van der Waals surface area contributed by atoms with E-state index in [0.717, 1.165) is 12.3 Å². The lowest BCUT2D eigenvalue weighted by Gasteiger charge is -2.33. The molecule has 3 heterocycles. The van der Waals surface area contributed by atoms with E-state index in [2.05, 4.69) is 19.9 Å². The van der Waals surface area contributed by atoms with Gasteiger partial charge < -0.3 is 10.6 Å². The van der Waals surface area contributed by atoms with E-state index < -0.39 is 24.0 Å². The Labute approximate surface area is 149 Å². The van der Waals surface area contributed by atoms with Crippen LogP contribution < -0.4 is 10.6 Å². The maximum Gasteiger partial charge on any atom is 0.433 e. The van der Waals surface area contributed by atoms with Gasteiger partial charge in [-0.1, -0.05) is 0 Å². The highest BCUT2D eigenvalue weighted by atomic mass is 19.4. The van der Waals surface area contributed by atoms with Crippen LogP contribution in [-0.2, 0) is 6.18 Å². The van der Waals surface area contributed by atoms with E-state index in [-0.39, 0.29) is 49.2 Å². The number of rotatable bonds is 2. The molecule has 3 rings (SSSR count). The third-order valence-electron chi connectivity index (χ3n) is 4.12. The largest absolute Gasteiger partial charge is 0.433 e. The summed E-state index contributed by atoms with van der Waals surface area (Å²) in [6.45, 7) is -0.0733. The fourth-order valence-corrected chi connectivity index (χ4v) is 2.80. The average molecular weight is 392 g/mol. The SMILES string of the molecule is Nc1nc(-c2ccnc(C(F)(F)F)c2)nc(N2CCCC(C(F)(F)F)C2)n1. The molecule has 0 spiro atoms. The van der Waals surface area contributed by atoms with Crippen LogP contribution in [0.5, 0.6) is 0 Å². The van der Waals surface area contributed by atoms with Gasteiger partial charge in [0, 0.05) is 24.8 Å². The quantitative estimate of drug-likeness (QED) is 0.790. The summed E-state index contributed by atoms with van der Waals surface area (Å²) in [5, 5.41) is 0. The molecule has 0 saturated carbocycles. The average Bonchev–Trinajstić information content (AvgIpc) is 2.60. The number of hydrogen-bond donors (Lipinski definition) is 1. The van der Waals surface area contributed by atoms with E-state index >= 15 is 0 Å². The summed E-state index contributed by atoms with van der Waals surface area (Å²) in [6, 6.07) is 2.00. The molecule has 0 aliphatic carbocycles. The fourth-order valence-electron chi connectivity index (χ4n) is 2.80. The van der Waals surface area contributed by atoms with E-state index in [4.69, 9.17) is 5.73 Å². The molecule has 1 unspecified atom stereocenters. The van der Waals surface area contributed by atoms with Gasteiger partial charge in [-0.15, -0.1) is 0 Å². The lowest BCUT2D eigenvalue weighted by atomic mass is 9.98. The second-order valence-corrected chi connectivity index (χ2v) is 6.07. The second kappa shape index (κ2) is 6.82. The maximum atomic E-state index is 13.0. The van der Waals surface area contributed by atoms with Crippen LogP contribution in [0.15, 0.2) is 18.3 Å². The first-order valence-electron chi connectivity index (χ1n) is 7.91. The van der Waals surface area contributed by atoms with Crippen molar-refractivity contribution in [3.63, 3.8) is 0 Å². The molecular weight excluding hydrogens is 378 g/mol. The van der Waals surface area contributed by atoms with Crippen LogP contribution in [0.25, 0.3) is 11.4 Å². The van der Waals surface area contributed by atoms with Crippen molar-refractivity contribution in [1.82, 2.24) is 19.9 Å². The van der Waals surface area contributed by atoms with Crippen LogP contribution in [0.1, 0.15) is 18.5 Å². The van der Waals surface area contributed by atoms with Gasteiger partial charge in [-0.2, -0.15) is 41.3 Å². The van der Waals surface area contributed by atoms with Gasteiger partial charge in [0.1, 0.15) is 5.69 Å². The molecule has 27 heavy (non-hydrogen) atoms. The molecule has 2 aromatic rings. The zero-order valence-corrected chi connectivity index (χ0v) is 13.7. The van der Waals surface area contributed by atoms with Gasteiger partial charge in [-0.05, 0) is 25.0 Å². The zero-order chi connectivity index (χ0) is 19.8. The van der Waals surface area contributed by atoms with Gasteiger partial charge in [-0.3, -0.25) is 4.98 Å². The standard InChI is InChI=1S/C15H14F6N6/c16-14(17,18)9-2-1-5-27(7-9)13-25-11(24-12(22)26-13)8-3-4-23-10(6-8)15(19,20)21/h3-4,6,9H,1-2,5,7H2,(H2,22,24,25,26). The zero-order valence-electron chi connectivity index (χ0n) is 13.7. The van der Waals surface area contributed by atoms with Crippen LogP contribution >= 0.6 is 0 Å². The summed E-state index contributed by atoms with van der Waals surface area (Å²) < 4.78 is 77.5. The number of nitrogens with zero attached hydrogens (tertiary/aromatic N) is 5. The van der Waals surface area contributed by atoms with Crippen molar-refractivity contribution in [2.24, 2.45) is 5.92 Å². The van der Waals surface area contributed by atoms with Crippen molar-refractivity contribution < 1.29 is 26.3 Å². The Morgan fingerprint density at radius 2 is 1.81 bits per heavy atom. The summed E-state index contributed by atoms with van der Waals surface area (Å²) in [5.74, 6) is -2.10. The van der Waals surface area contributed by atoms with Crippen LogP contribution in [-0.4, -0.2) is 39.2 Å². The van der Waals surface area contributed by atoms with E-state index in [9.17, 15) is 26.3 Å². The fraction of sp³-hybridized carbons (Fsp3) is 0.467. The predicted molar refractivity (Wildman–Crippen MR) is 83.5 cm³/mol. The Bertz CT molecular complexity index is 821. The number of piperidine rings is 1. The number of alkyl halides is 6. The molecule has 2 aromatic heterocycles. The molecule has 6 nitrogen and oxygen atoms in total. The number of nitrogens with two attached hydrogens (primary N) is 1. The number of anilines is 2. The molecule has 1 fully saturated rings. The first-order chi connectivity index (χ1) is 12.5. The minimum atomic E-state index is -4.66. The predicted octanol–water partition coefficient (Wildman–Crippen LogP) is 3.31. The van der Waals surface area contributed by atoms with Crippen molar-refractivity contribution in [3.8, 4) is 11.4 Å². The third-order valence-corrected chi connectivity index (χ3v) is 4.12. The minimum Gasteiger partial charge on any atom is -0.368 e. The summed E-state index contributed by atoms with van der Waals surface area (Å²) in [4.78, 5) is 16.2. The summed E-state index contributed by atoms with van der Waals surface area (Å²) in [7, 11) is 0. The molecule has 0 radical (unpaired) electrons. The third kappa shape index (κ3) is 4.37. The Balaban J connectivity index is 1.94. The van der Waals surface area contributed by atoms with Crippen LogP contribution in [0, 0.1) is 5.92 Å². The smallest absolute Gasteiger partial charge is 0.368 e. The first kappa shape index (κ1) is 19.1. The highest BCUT2D eigenvalue weighted by Crippen LogP contribution is 2.35. The van der Waals surface area contributed by atoms with Gasteiger partial charge >= 0.3 is 12.4 Å². The van der Waals surface area contributed by atoms with Crippen molar-refractivity contribution in [3.05, 3.63) is 24.0 Å². The Hall–Kier alpha value is -2.66. The number of pyridine rings is 1. The molecular formula is C15H14F6N6. The van der Waals surface area contributed by atoms with Crippen molar-refractivity contribution in [2.75, 3.05) is 23.7 Å². The van der Waals surface area contributed by atoms with Crippen LogP contribution in [0.2, 0.25) is 0 Å². The molecule has 1 saturated heterocycles. The lowest BCUT2D eigenvalue weighted by molar-refractivity contribution is -0.176. The Morgan fingerprint density at radius 3 is 2.48 bits per heavy atom. The highest BCUT2D eigenvalue weighted by Gasteiger charge is 2.42. The molecule has 146 valence electrons. The normalized spacial score (nSPS) is 18.6. The summed E-state index contributed by atoms with van der Waals surface area (Å²) >= 11 is 0. The summed E-state index contributed by atoms with van der Waals surface area (Å²) in [5.41, 5.74) is 4.44. The van der Waals surface area contributed by atoms with E-state index in [1.807, 2.05) is 0 Å². The number of nitrogen functional groups attached to an aromatic ring is 1. The lowest BCUT2D eigenvalue weighted by Crippen LogP contribution is -2.42. The molecule has 0 amide bonds. The van der Waals surface area contributed by atoms with E-state index in [1.165, 1.54) is 11.0 Å². The van der Waals surface area contributed by atoms with Gasteiger partial charge in [0.2, 0.25) is 11.9 Å². The number of halogens is 6. The number of aromatic nitrogens is 4. The first-order valence-corrected chi connectivity index (χ1v) is 7.91. The second-order valence-electron chi connectivity index (χ2n) is 6.07. The van der Waals surface area contributed by atoms with E-state index in [0.29, 0.717) is 0 Å². The van der Waals surface area contributed by atoms with Crippen LogP contribution in [0.4, 0.5) is 38.2 Å². The van der Waals surface area contributed by atoms with Gasteiger partial charge in [0.25, 0.3) is 0 Å². The molecule has 0 aromatic carbocycles. The van der Waals surface area contributed by atoms with Crippen molar-refractivity contribution in [1.29, 1.82) is 0 Å². The maximum absolute atomic E-state index is 13.0. The topological polar surface area (TPSA) is 80.8 Å². The van der Waals surface area contributed by atoms with Gasteiger partial charge in [-0.25, -0.2) is 0 Å². The number of hydrogen-bond acceptors (Lipinski definition) is 6. The molecule has 2 N–H and O–H groups in total.